The smallest absolute Gasteiger partial charge is 0.00254 e. The minimum atomic E-state index is -0.301. The molecule has 0 bridgehead atoms. The zero-order valence-electron chi connectivity index (χ0n) is 13.3. The molecule has 3 aromatic carbocycles. The molecular weight excluding hydrogens is 295 g/mol. The average Bonchev–Trinajstić information content (AvgIpc) is 3.28. The third kappa shape index (κ3) is 2.84. The van der Waals surface area contributed by atoms with Gasteiger partial charge >= 0.3 is 0 Å². The van der Waals surface area contributed by atoms with E-state index in [1.54, 1.807) is 0 Å². The first-order chi connectivity index (χ1) is 11.4. The van der Waals surface area contributed by atoms with Crippen molar-refractivity contribution in [3.8, 4) is 0 Å². The van der Waals surface area contributed by atoms with Crippen molar-refractivity contribution < 1.29 is 0 Å². The molecule has 23 heavy (non-hydrogen) atoms. The fraction of sp³-hybridized carbons (Fsp3) is 0.182. The Labute approximate surface area is 139 Å². The molecule has 0 nitrogen and oxygen atoms in total. The third-order valence-corrected chi connectivity index (χ3v) is 7.98. The van der Waals surface area contributed by atoms with E-state index in [-0.39, 0.29) is 7.92 Å². The van der Waals surface area contributed by atoms with E-state index < -0.39 is 0 Å². The van der Waals surface area contributed by atoms with Crippen LogP contribution < -0.4 is 10.6 Å². The number of hydrogen-bond acceptors (Lipinski definition) is 0. The monoisotopic (exact) mass is 316 g/mol. The maximum absolute atomic E-state index is 2.42. The van der Waals surface area contributed by atoms with Gasteiger partial charge in [-0.15, -0.1) is 0 Å². The van der Waals surface area contributed by atoms with Crippen molar-refractivity contribution >= 4 is 18.5 Å². The molecular formula is C22H21P. The van der Waals surface area contributed by atoms with Gasteiger partial charge in [0.15, 0.2) is 0 Å². The Balaban J connectivity index is 1.73. The summed E-state index contributed by atoms with van der Waals surface area (Å²) < 4.78 is 0. The third-order valence-electron chi connectivity index (χ3n) is 4.88. The van der Waals surface area contributed by atoms with E-state index >= 15 is 0 Å². The summed E-state index contributed by atoms with van der Waals surface area (Å²) in [4.78, 5) is 0. The summed E-state index contributed by atoms with van der Waals surface area (Å²) >= 11 is 0. The molecule has 0 aliphatic heterocycles. The Morgan fingerprint density at radius 2 is 1.04 bits per heavy atom. The van der Waals surface area contributed by atoms with Crippen LogP contribution in [0.1, 0.15) is 18.4 Å². The van der Waals surface area contributed by atoms with Crippen LogP contribution in [0.4, 0.5) is 0 Å². The molecule has 1 unspecified atom stereocenters. The van der Waals surface area contributed by atoms with Crippen LogP contribution in [-0.2, 0) is 0 Å². The van der Waals surface area contributed by atoms with Crippen molar-refractivity contribution in [3.63, 3.8) is 0 Å². The van der Waals surface area contributed by atoms with Crippen LogP contribution in [0.25, 0.3) is 0 Å². The summed E-state index contributed by atoms with van der Waals surface area (Å²) in [7, 11) is -0.301. The topological polar surface area (TPSA) is 0 Å². The molecule has 0 saturated heterocycles. The Morgan fingerprint density at radius 1 is 0.609 bits per heavy atom. The standard InChI is InChI=1S/C22H21P/c1-17-21(18-11-5-2-6-12-18)22(17)23(19-13-7-3-8-14-19)20-15-9-4-10-16-20/h2-17,21-22H,1H3/t17-,21+,22?/m1/s1. The highest BCUT2D eigenvalue weighted by Crippen LogP contribution is 2.64. The molecule has 3 atom stereocenters. The molecule has 1 fully saturated rings. The van der Waals surface area contributed by atoms with Gasteiger partial charge in [0.2, 0.25) is 0 Å². The second-order valence-corrected chi connectivity index (χ2v) is 8.70. The lowest BCUT2D eigenvalue weighted by Crippen LogP contribution is -2.15. The highest BCUT2D eigenvalue weighted by atomic mass is 31.1. The first kappa shape index (κ1) is 14.7. The average molecular weight is 316 g/mol. The van der Waals surface area contributed by atoms with E-state index in [4.69, 9.17) is 0 Å². The first-order valence-electron chi connectivity index (χ1n) is 8.30. The minimum absolute atomic E-state index is 0.301. The summed E-state index contributed by atoms with van der Waals surface area (Å²) in [5.41, 5.74) is 2.25. The fourth-order valence-corrected chi connectivity index (χ4v) is 6.98. The molecule has 1 heteroatoms. The molecule has 3 aromatic rings. The van der Waals surface area contributed by atoms with Crippen molar-refractivity contribution in [2.45, 2.75) is 18.5 Å². The van der Waals surface area contributed by atoms with Crippen LogP contribution in [0, 0.1) is 5.92 Å². The lowest BCUT2D eigenvalue weighted by molar-refractivity contribution is 0.915. The Kier molecular flexibility index (Phi) is 4.02. The maximum atomic E-state index is 2.42. The lowest BCUT2D eigenvalue weighted by Gasteiger charge is -2.19. The first-order valence-corrected chi connectivity index (χ1v) is 9.71. The lowest BCUT2D eigenvalue weighted by atomic mass is 10.1. The second kappa shape index (κ2) is 6.30. The molecule has 1 aliphatic rings. The molecule has 0 N–H and O–H groups in total. The molecule has 4 rings (SSSR count). The summed E-state index contributed by atoms with van der Waals surface area (Å²) in [6.45, 7) is 2.42. The number of hydrogen-bond donors (Lipinski definition) is 0. The largest absolute Gasteiger partial charge is 0.0622 e. The van der Waals surface area contributed by atoms with Crippen molar-refractivity contribution in [1.82, 2.24) is 0 Å². The van der Waals surface area contributed by atoms with Gasteiger partial charge in [-0.3, -0.25) is 0 Å². The van der Waals surface area contributed by atoms with Crippen LogP contribution in [0.5, 0.6) is 0 Å². The van der Waals surface area contributed by atoms with Gasteiger partial charge in [0, 0.05) is 0 Å². The van der Waals surface area contributed by atoms with Gasteiger partial charge in [-0.05, 0) is 41.6 Å². The van der Waals surface area contributed by atoms with E-state index in [2.05, 4.69) is 97.9 Å². The van der Waals surface area contributed by atoms with Gasteiger partial charge in [0.05, 0.1) is 0 Å². The van der Waals surface area contributed by atoms with Gasteiger partial charge in [-0.1, -0.05) is 97.9 Å². The normalized spacial score (nSPS) is 23.0. The van der Waals surface area contributed by atoms with E-state index in [1.165, 1.54) is 16.2 Å². The Hall–Kier alpha value is -1.91. The van der Waals surface area contributed by atoms with Gasteiger partial charge < -0.3 is 0 Å². The fourth-order valence-electron chi connectivity index (χ4n) is 3.68. The number of rotatable bonds is 4. The van der Waals surface area contributed by atoms with Crippen molar-refractivity contribution in [1.29, 1.82) is 0 Å². The summed E-state index contributed by atoms with van der Waals surface area (Å²) in [5, 5.41) is 3.01. The zero-order chi connectivity index (χ0) is 15.6. The van der Waals surface area contributed by atoms with E-state index in [0.29, 0.717) is 5.92 Å². The summed E-state index contributed by atoms with van der Waals surface area (Å²) in [6, 6.07) is 33.2. The van der Waals surface area contributed by atoms with Gasteiger partial charge in [-0.2, -0.15) is 0 Å². The maximum Gasteiger partial charge on any atom is -0.00254 e. The highest BCUT2D eigenvalue weighted by Gasteiger charge is 2.52. The predicted octanol–water partition coefficient (Wildman–Crippen LogP) is 4.92. The molecule has 0 radical (unpaired) electrons. The summed E-state index contributed by atoms with van der Waals surface area (Å²) in [6.07, 6.45) is 0. The van der Waals surface area contributed by atoms with Crippen molar-refractivity contribution in [2.75, 3.05) is 0 Å². The van der Waals surface area contributed by atoms with E-state index in [0.717, 1.165) is 11.6 Å². The van der Waals surface area contributed by atoms with Crippen LogP contribution in [0.15, 0.2) is 91.0 Å². The molecule has 0 aromatic heterocycles. The zero-order valence-corrected chi connectivity index (χ0v) is 14.2. The van der Waals surface area contributed by atoms with Crippen LogP contribution in [-0.4, -0.2) is 5.66 Å². The predicted molar refractivity (Wildman–Crippen MR) is 101 cm³/mol. The molecule has 1 aliphatic carbocycles. The minimum Gasteiger partial charge on any atom is -0.0622 e. The molecule has 1 saturated carbocycles. The van der Waals surface area contributed by atoms with Gasteiger partial charge in [0.25, 0.3) is 0 Å². The quantitative estimate of drug-likeness (QED) is 0.599. The van der Waals surface area contributed by atoms with Crippen LogP contribution in [0.3, 0.4) is 0 Å². The Morgan fingerprint density at radius 3 is 1.52 bits per heavy atom. The van der Waals surface area contributed by atoms with Crippen LogP contribution >= 0.6 is 7.92 Å². The molecule has 114 valence electrons. The SMILES string of the molecule is C[C@H]1C(P(c2ccccc2)c2ccccc2)[C@@H]1c1ccccc1. The van der Waals surface area contributed by atoms with E-state index in [1.807, 2.05) is 0 Å². The van der Waals surface area contributed by atoms with E-state index in [9.17, 15) is 0 Å². The van der Waals surface area contributed by atoms with Crippen LogP contribution in [0.2, 0.25) is 0 Å². The Bertz CT molecular complexity index is 712. The molecule has 0 heterocycles. The van der Waals surface area contributed by atoms with Gasteiger partial charge in [0.1, 0.15) is 0 Å². The van der Waals surface area contributed by atoms with Crippen molar-refractivity contribution in [3.05, 3.63) is 96.6 Å². The second-order valence-electron chi connectivity index (χ2n) is 6.33. The molecule has 0 spiro atoms. The van der Waals surface area contributed by atoms with Crippen molar-refractivity contribution in [2.24, 2.45) is 5.92 Å². The summed E-state index contributed by atoms with van der Waals surface area (Å²) in [5.74, 6) is 1.45. The van der Waals surface area contributed by atoms with Gasteiger partial charge in [-0.25, -0.2) is 0 Å². The number of benzene rings is 3. The molecule has 0 amide bonds. The highest BCUT2D eigenvalue weighted by molar-refractivity contribution is 7.74.